The number of aromatic nitrogens is 1. The molecule has 174 valence electrons. The Morgan fingerprint density at radius 1 is 1.15 bits per heavy atom. The zero-order valence-corrected chi connectivity index (χ0v) is 19.7. The van der Waals surface area contributed by atoms with Gasteiger partial charge in [0.1, 0.15) is 5.00 Å². The minimum atomic E-state index is -0.465. The van der Waals surface area contributed by atoms with Gasteiger partial charge in [-0.05, 0) is 63.1 Å². The molecule has 0 spiro atoms. The maximum absolute atomic E-state index is 12.7. The molecule has 0 bridgehead atoms. The number of carbonyl (C=O) groups is 3. The highest BCUT2D eigenvalue weighted by atomic mass is 32.1. The van der Waals surface area contributed by atoms with Crippen molar-refractivity contribution in [2.24, 2.45) is 0 Å². The molecule has 1 aliphatic carbocycles. The van der Waals surface area contributed by atoms with Crippen molar-refractivity contribution >= 4 is 45.1 Å². The quantitative estimate of drug-likeness (QED) is 0.464. The maximum atomic E-state index is 12.7. The van der Waals surface area contributed by atoms with Crippen LogP contribution in [0.1, 0.15) is 59.5 Å². The van der Waals surface area contributed by atoms with Gasteiger partial charge in [0.05, 0.1) is 11.7 Å². The minimum Gasteiger partial charge on any atom is -0.459 e. The van der Waals surface area contributed by atoms with Crippen LogP contribution >= 0.6 is 11.3 Å². The molecule has 2 aromatic heterocycles. The highest BCUT2D eigenvalue weighted by Crippen LogP contribution is 2.38. The molecule has 4 rings (SSSR count). The SMILES string of the molecule is CC(C)OC(=O)c1c(NC(=O)COC(=O)CCc2c[nH]c3ccccc23)sc2c1CCCC2. The molecule has 0 radical (unpaired) electrons. The Balaban J connectivity index is 1.34. The van der Waals surface area contributed by atoms with Crippen LogP contribution < -0.4 is 5.32 Å². The lowest BCUT2D eigenvalue weighted by Gasteiger charge is -2.14. The van der Waals surface area contributed by atoms with Crippen molar-refractivity contribution in [1.29, 1.82) is 0 Å². The van der Waals surface area contributed by atoms with Gasteiger partial charge in [-0.25, -0.2) is 4.79 Å². The molecule has 0 saturated heterocycles. The zero-order chi connectivity index (χ0) is 23.4. The van der Waals surface area contributed by atoms with Crippen LogP contribution in [0.3, 0.4) is 0 Å². The van der Waals surface area contributed by atoms with E-state index in [1.165, 1.54) is 11.3 Å². The number of fused-ring (bicyclic) bond motifs is 2. The fraction of sp³-hybridized carbons (Fsp3) is 0.400. The predicted molar refractivity (Wildman–Crippen MR) is 128 cm³/mol. The Kier molecular flexibility index (Phi) is 7.13. The van der Waals surface area contributed by atoms with E-state index in [-0.39, 0.29) is 12.5 Å². The Morgan fingerprint density at radius 3 is 2.76 bits per heavy atom. The Labute approximate surface area is 196 Å². The van der Waals surface area contributed by atoms with Gasteiger partial charge >= 0.3 is 11.9 Å². The maximum Gasteiger partial charge on any atom is 0.341 e. The Bertz CT molecular complexity index is 1180. The van der Waals surface area contributed by atoms with Crippen molar-refractivity contribution in [3.8, 4) is 0 Å². The molecule has 0 unspecified atom stereocenters. The summed E-state index contributed by atoms with van der Waals surface area (Å²) in [4.78, 5) is 41.7. The molecule has 0 saturated carbocycles. The van der Waals surface area contributed by atoms with Crippen molar-refractivity contribution in [2.75, 3.05) is 11.9 Å². The molecule has 3 aromatic rings. The van der Waals surface area contributed by atoms with Gasteiger partial charge in [-0.15, -0.1) is 11.3 Å². The van der Waals surface area contributed by atoms with Gasteiger partial charge in [0.25, 0.3) is 5.91 Å². The highest BCUT2D eigenvalue weighted by molar-refractivity contribution is 7.17. The van der Waals surface area contributed by atoms with Crippen molar-refractivity contribution in [3.63, 3.8) is 0 Å². The first-order valence-electron chi connectivity index (χ1n) is 11.3. The zero-order valence-electron chi connectivity index (χ0n) is 18.9. The number of aryl methyl sites for hydroxylation is 2. The normalized spacial score (nSPS) is 13.1. The number of para-hydroxylation sites is 1. The van der Waals surface area contributed by atoms with Crippen LogP contribution in [0.2, 0.25) is 0 Å². The second-order valence-electron chi connectivity index (χ2n) is 8.44. The number of amides is 1. The number of hydrogen-bond donors (Lipinski definition) is 2. The van der Waals surface area contributed by atoms with Crippen molar-refractivity contribution in [3.05, 3.63) is 52.0 Å². The molecule has 1 aromatic carbocycles. The van der Waals surface area contributed by atoms with E-state index < -0.39 is 24.5 Å². The number of ether oxygens (including phenoxy) is 2. The number of nitrogens with one attached hydrogen (secondary N) is 2. The van der Waals surface area contributed by atoms with E-state index in [1.807, 2.05) is 30.5 Å². The van der Waals surface area contributed by atoms with E-state index in [0.29, 0.717) is 17.0 Å². The molecule has 0 fully saturated rings. The number of thiophene rings is 1. The second-order valence-corrected chi connectivity index (χ2v) is 9.54. The molecule has 1 amide bonds. The smallest absolute Gasteiger partial charge is 0.341 e. The van der Waals surface area contributed by atoms with Gasteiger partial charge in [0.2, 0.25) is 0 Å². The van der Waals surface area contributed by atoms with E-state index in [4.69, 9.17) is 9.47 Å². The van der Waals surface area contributed by atoms with Crippen LogP contribution in [0.5, 0.6) is 0 Å². The molecular weight excluding hydrogens is 440 g/mol. The van der Waals surface area contributed by atoms with Crippen molar-refractivity contribution in [1.82, 2.24) is 4.98 Å². The molecule has 7 nitrogen and oxygen atoms in total. The van der Waals surface area contributed by atoms with Crippen molar-refractivity contribution in [2.45, 2.75) is 58.5 Å². The second kappa shape index (κ2) is 10.2. The van der Waals surface area contributed by atoms with Gasteiger partial charge in [0, 0.05) is 28.4 Å². The summed E-state index contributed by atoms with van der Waals surface area (Å²) in [5, 5.41) is 4.32. The van der Waals surface area contributed by atoms with Gasteiger partial charge in [-0.1, -0.05) is 18.2 Å². The molecule has 0 atom stereocenters. The number of H-pyrrole nitrogens is 1. The molecule has 33 heavy (non-hydrogen) atoms. The summed E-state index contributed by atoms with van der Waals surface area (Å²) in [6.07, 6.45) is 6.09. The van der Waals surface area contributed by atoms with E-state index in [2.05, 4.69) is 10.3 Å². The van der Waals surface area contributed by atoms with E-state index in [0.717, 1.165) is 52.6 Å². The Morgan fingerprint density at radius 2 is 1.94 bits per heavy atom. The number of rotatable bonds is 8. The standard InChI is InChI=1S/C25H28N2O5S/c1-15(2)32-25(30)23-18-8-4-6-10-20(18)33-24(23)27-21(28)14-31-22(29)12-11-16-13-26-19-9-5-3-7-17(16)19/h3,5,7,9,13,15,26H,4,6,8,10-12,14H2,1-2H3,(H,27,28). The van der Waals surface area contributed by atoms with Gasteiger partial charge in [0.15, 0.2) is 6.61 Å². The number of hydrogen-bond acceptors (Lipinski definition) is 6. The third-order valence-electron chi connectivity index (χ3n) is 5.61. The Hall–Kier alpha value is -3.13. The topological polar surface area (TPSA) is 97.5 Å². The van der Waals surface area contributed by atoms with Crippen LogP contribution in [-0.4, -0.2) is 35.5 Å². The first-order valence-corrected chi connectivity index (χ1v) is 12.1. The number of esters is 2. The third-order valence-corrected chi connectivity index (χ3v) is 6.82. The monoisotopic (exact) mass is 468 g/mol. The van der Waals surface area contributed by atoms with E-state index >= 15 is 0 Å². The first kappa shape index (κ1) is 23.0. The number of carbonyl (C=O) groups excluding carboxylic acids is 3. The molecule has 0 aliphatic heterocycles. The molecule has 8 heteroatoms. The first-order chi connectivity index (χ1) is 15.9. The summed E-state index contributed by atoms with van der Waals surface area (Å²) in [7, 11) is 0. The lowest BCUT2D eigenvalue weighted by molar-refractivity contribution is -0.147. The van der Waals surface area contributed by atoms with Gasteiger partial charge < -0.3 is 19.8 Å². The van der Waals surface area contributed by atoms with Crippen LogP contribution in [0, 0.1) is 0 Å². The van der Waals surface area contributed by atoms with E-state index in [9.17, 15) is 14.4 Å². The fourth-order valence-corrected chi connectivity index (χ4v) is 5.39. The van der Waals surface area contributed by atoms with Gasteiger partial charge in [-0.3, -0.25) is 9.59 Å². The average Bonchev–Trinajstić information content (AvgIpc) is 3.36. The van der Waals surface area contributed by atoms with Crippen LogP contribution in [0.15, 0.2) is 30.5 Å². The van der Waals surface area contributed by atoms with Crippen LogP contribution in [-0.2, 0) is 38.3 Å². The minimum absolute atomic E-state index is 0.175. The summed E-state index contributed by atoms with van der Waals surface area (Å²) in [6, 6.07) is 7.89. The lowest BCUT2D eigenvalue weighted by atomic mass is 9.95. The average molecular weight is 469 g/mol. The highest BCUT2D eigenvalue weighted by Gasteiger charge is 2.28. The molecular formula is C25H28N2O5S. The molecule has 1 aliphatic rings. The number of anilines is 1. The summed E-state index contributed by atoms with van der Waals surface area (Å²) in [5.41, 5.74) is 3.47. The lowest BCUT2D eigenvalue weighted by Crippen LogP contribution is -2.22. The summed E-state index contributed by atoms with van der Waals surface area (Å²) >= 11 is 1.41. The van der Waals surface area contributed by atoms with E-state index in [1.54, 1.807) is 13.8 Å². The van der Waals surface area contributed by atoms with Gasteiger partial charge in [-0.2, -0.15) is 0 Å². The number of benzene rings is 1. The van der Waals surface area contributed by atoms with Crippen LogP contribution in [0.4, 0.5) is 5.00 Å². The third kappa shape index (κ3) is 5.45. The summed E-state index contributed by atoms with van der Waals surface area (Å²) < 4.78 is 10.6. The predicted octanol–water partition coefficient (Wildman–Crippen LogP) is 4.79. The van der Waals surface area contributed by atoms with Crippen LogP contribution in [0.25, 0.3) is 10.9 Å². The largest absolute Gasteiger partial charge is 0.459 e. The summed E-state index contributed by atoms with van der Waals surface area (Å²) in [5.74, 6) is -1.33. The fourth-order valence-electron chi connectivity index (χ4n) is 4.10. The molecule has 2 heterocycles. The molecule has 2 N–H and O–H groups in total. The van der Waals surface area contributed by atoms with Crippen molar-refractivity contribution < 1.29 is 23.9 Å². The number of aromatic amines is 1. The summed E-state index contributed by atoms with van der Waals surface area (Å²) in [6.45, 7) is 3.20.